The third-order valence-electron chi connectivity index (χ3n) is 4.22. The van der Waals surface area contributed by atoms with Gasteiger partial charge in [-0.3, -0.25) is 4.79 Å². The number of halogens is 1. The van der Waals surface area contributed by atoms with Crippen LogP contribution in [0.25, 0.3) is 0 Å². The van der Waals surface area contributed by atoms with E-state index in [2.05, 4.69) is 0 Å². The fraction of sp³-hybridized carbons (Fsp3) is 0.333. The number of carbonyl (C=O) groups is 2. The molecule has 0 atom stereocenters. The van der Waals surface area contributed by atoms with Crippen LogP contribution >= 0.6 is 11.6 Å². The molecule has 154 valence electrons. The van der Waals surface area contributed by atoms with Crippen molar-refractivity contribution in [1.82, 2.24) is 4.90 Å². The maximum absolute atomic E-state index is 12.4. The lowest BCUT2D eigenvalue weighted by Gasteiger charge is -2.23. The van der Waals surface area contributed by atoms with Crippen molar-refractivity contribution in [3.8, 4) is 17.2 Å². The molecule has 8 heteroatoms. The minimum Gasteiger partial charge on any atom is -0.486 e. The van der Waals surface area contributed by atoms with Crippen molar-refractivity contribution in [2.24, 2.45) is 0 Å². The summed E-state index contributed by atoms with van der Waals surface area (Å²) in [5.74, 6) is 0.895. The predicted octanol–water partition coefficient (Wildman–Crippen LogP) is 3.08. The number of fused-ring (bicyclic) bond motifs is 1. The van der Waals surface area contributed by atoms with Crippen molar-refractivity contribution >= 4 is 23.5 Å². The molecular weight excluding hydrogens is 398 g/mol. The molecule has 1 heterocycles. The highest BCUT2D eigenvalue weighted by Gasteiger charge is 2.17. The van der Waals surface area contributed by atoms with Gasteiger partial charge in [0.15, 0.2) is 24.7 Å². The minimum absolute atomic E-state index is 0.293. The lowest BCUT2D eigenvalue weighted by Crippen LogP contribution is -2.34. The number of likely N-dealkylation sites (N-methyl/N-ethyl adjacent to an activating group) is 1. The monoisotopic (exact) mass is 419 g/mol. The van der Waals surface area contributed by atoms with Gasteiger partial charge in [-0.25, -0.2) is 4.79 Å². The molecule has 0 aliphatic carbocycles. The van der Waals surface area contributed by atoms with Gasteiger partial charge in [0.05, 0.1) is 0 Å². The summed E-state index contributed by atoms with van der Waals surface area (Å²) in [5.41, 5.74) is 0.903. The summed E-state index contributed by atoms with van der Waals surface area (Å²) < 4.78 is 21.4. The minimum atomic E-state index is -0.631. The molecule has 0 saturated heterocycles. The first kappa shape index (κ1) is 20.8. The molecule has 0 saturated carbocycles. The Bertz CT molecular complexity index is 872. The molecule has 0 unspecified atom stereocenters. The van der Waals surface area contributed by atoms with Crippen LogP contribution in [0.2, 0.25) is 5.02 Å². The van der Waals surface area contributed by atoms with E-state index in [1.807, 2.05) is 25.1 Å². The first-order valence-corrected chi connectivity index (χ1v) is 9.63. The van der Waals surface area contributed by atoms with E-state index < -0.39 is 5.97 Å². The Balaban J connectivity index is 1.47. The molecule has 7 nitrogen and oxygen atoms in total. The number of rotatable bonds is 8. The SMILES string of the molecule is CCN(Cc1ccc2c(c1)OCCO2)C(=O)COC(=O)COc1cccc(Cl)c1. The van der Waals surface area contributed by atoms with Crippen LogP contribution in [0.5, 0.6) is 17.2 Å². The molecule has 2 aromatic rings. The van der Waals surface area contributed by atoms with Crippen molar-refractivity contribution in [1.29, 1.82) is 0 Å². The summed E-state index contributed by atoms with van der Waals surface area (Å²) in [6.45, 7) is 3.09. The molecule has 1 aliphatic rings. The average Bonchev–Trinajstić information content (AvgIpc) is 2.74. The smallest absolute Gasteiger partial charge is 0.344 e. The van der Waals surface area contributed by atoms with Crippen molar-refractivity contribution in [2.45, 2.75) is 13.5 Å². The highest BCUT2D eigenvalue weighted by atomic mass is 35.5. The number of carbonyl (C=O) groups excluding carboxylic acids is 2. The summed E-state index contributed by atoms with van der Waals surface area (Å²) in [7, 11) is 0. The first-order chi connectivity index (χ1) is 14.0. The van der Waals surface area contributed by atoms with Gasteiger partial charge in [0, 0.05) is 18.1 Å². The molecule has 0 bridgehead atoms. The molecule has 0 spiro atoms. The number of benzene rings is 2. The number of ether oxygens (including phenoxy) is 4. The molecule has 1 amide bonds. The second-order valence-corrected chi connectivity index (χ2v) is 6.73. The van der Waals surface area contributed by atoms with Gasteiger partial charge in [0.25, 0.3) is 5.91 Å². The Labute approximate surface area is 174 Å². The molecule has 0 fully saturated rings. The topological polar surface area (TPSA) is 74.3 Å². The molecule has 1 aliphatic heterocycles. The van der Waals surface area contributed by atoms with E-state index in [4.69, 9.17) is 30.5 Å². The summed E-state index contributed by atoms with van der Waals surface area (Å²) in [4.78, 5) is 25.9. The molecular formula is C21H22ClNO6. The van der Waals surface area contributed by atoms with Crippen molar-refractivity contribution < 1.29 is 28.5 Å². The molecule has 0 aromatic heterocycles. The number of hydrogen-bond donors (Lipinski definition) is 0. The number of esters is 1. The van der Waals surface area contributed by atoms with Gasteiger partial charge in [0.2, 0.25) is 0 Å². The number of amides is 1. The maximum Gasteiger partial charge on any atom is 0.344 e. The van der Waals surface area contributed by atoms with Gasteiger partial charge < -0.3 is 23.8 Å². The molecule has 29 heavy (non-hydrogen) atoms. The van der Waals surface area contributed by atoms with Crippen LogP contribution in [-0.4, -0.2) is 49.7 Å². The second-order valence-electron chi connectivity index (χ2n) is 6.29. The van der Waals surface area contributed by atoms with Gasteiger partial charge in [-0.15, -0.1) is 0 Å². The Morgan fingerprint density at radius 3 is 2.62 bits per heavy atom. The van der Waals surface area contributed by atoms with E-state index in [1.54, 1.807) is 29.2 Å². The predicted molar refractivity (Wildman–Crippen MR) is 106 cm³/mol. The van der Waals surface area contributed by atoms with E-state index in [1.165, 1.54) is 0 Å². The van der Waals surface area contributed by atoms with E-state index in [-0.39, 0.29) is 19.1 Å². The van der Waals surface area contributed by atoms with Crippen molar-refractivity contribution in [3.63, 3.8) is 0 Å². The Morgan fingerprint density at radius 1 is 1.07 bits per heavy atom. The summed E-state index contributed by atoms with van der Waals surface area (Å²) in [6, 6.07) is 12.2. The van der Waals surface area contributed by atoms with Crippen molar-refractivity contribution in [3.05, 3.63) is 53.1 Å². The lowest BCUT2D eigenvalue weighted by atomic mass is 10.2. The molecule has 0 radical (unpaired) electrons. The quantitative estimate of drug-likeness (QED) is 0.612. The number of nitrogens with zero attached hydrogens (tertiary/aromatic N) is 1. The summed E-state index contributed by atoms with van der Waals surface area (Å²) in [6.07, 6.45) is 0. The van der Waals surface area contributed by atoms with Crippen LogP contribution in [0.1, 0.15) is 12.5 Å². The fourth-order valence-electron chi connectivity index (χ4n) is 2.76. The van der Waals surface area contributed by atoms with Gasteiger partial charge in [-0.1, -0.05) is 23.7 Å². The van der Waals surface area contributed by atoms with Gasteiger partial charge >= 0.3 is 5.97 Å². The maximum atomic E-state index is 12.4. The highest BCUT2D eigenvalue weighted by Crippen LogP contribution is 2.31. The normalized spacial score (nSPS) is 12.2. The Morgan fingerprint density at radius 2 is 1.86 bits per heavy atom. The number of hydrogen-bond acceptors (Lipinski definition) is 6. The average molecular weight is 420 g/mol. The van der Waals surface area contributed by atoms with Crippen LogP contribution in [0, 0.1) is 0 Å². The first-order valence-electron chi connectivity index (χ1n) is 9.25. The van der Waals surface area contributed by atoms with E-state index in [9.17, 15) is 9.59 Å². The van der Waals surface area contributed by atoms with E-state index in [0.29, 0.717) is 48.6 Å². The third kappa shape index (κ3) is 6.02. The lowest BCUT2D eigenvalue weighted by molar-refractivity contribution is -0.153. The summed E-state index contributed by atoms with van der Waals surface area (Å²) >= 11 is 5.86. The van der Waals surface area contributed by atoms with Crippen LogP contribution in [0.3, 0.4) is 0 Å². The zero-order valence-corrected chi connectivity index (χ0v) is 16.8. The van der Waals surface area contributed by atoms with Crippen LogP contribution in [0.15, 0.2) is 42.5 Å². The van der Waals surface area contributed by atoms with Crippen molar-refractivity contribution in [2.75, 3.05) is 33.0 Å². The third-order valence-corrected chi connectivity index (χ3v) is 4.46. The second kappa shape index (κ2) is 10.0. The van der Waals surface area contributed by atoms with Crippen LogP contribution < -0.4 is 14.2 Å². The standard InChI is InChI=1S/C21H22ClNO6/c1-2-23(12-15-6-7-18-19(10-15)27-9-8-26-18)20(24)13-29-21(25)14-28-17-5-3-4-16(22)11-17/h3-7,10-11H,2,8-9,12-14H2,1H3. The van der Waals surface area contributed by atoms with Crippen LogP contribution in [-0.2, 0) is 20.9 Å². The molecule has 3 rings (SSSR count). The van der Waals surface area contributed by atoms with Gasteiger partial charge in [-0.2, -0.15) is 0 Å². The van der Waals surface area contributed by atoms with Crippen LogP contribution in [0.4, 0.5) is 0 Å². The zero-order chi connectivity index (χ0) is 20.6. The summed E-state index contributed by atoms with van der Waals surface area (Å²) in [5, 5.41) is 0.503. The molecule has 0 N–H and O–H groups in total. The van der Waals surface area contributed by atoms with E-state index in [0.717, 1.165) is 5.56 Å². The van der Waals surface area contributed by atoms with E-state index >= 15 is 0 Å². The zero-order valence-electron chi connectivity index (χ0n) is 16.1. The Hall–Kier alpha value is -2.93. The van der Waals surface area contributed by atoms with Gasteiger partial charge in [-0.05, 0) is 42.8 Å². The largest absolute Gasteiger partial charge is 0.486 e. The van der Waals surface area contributed by atoms with Gasteiger partial charge in [0.1, 0.15) is 19.0 Å². The highest BCUT2D eigenvalue weighted by molar-refractivity contribution is 6.30. The fourth-order valence-corrected chi connectivity index (χ4v) is 2.94. The Kier molecular flexibility index (Phi) is 7.19. The molecule has 2 aromatic carbocycles.